The lowest BCUT2D eigenvalue weighted by atomic mass is 9.96. The van der Waals surface area contributed by atoms with Crippen LogP contribution in [0.4, 0.5) is 21.1 Å². The van der Waals surface area contributed by atoms with Gasteiger partial charge in [-0.05, 0) is 122 Å². The van der Waals surface area contributed by atoms with Gasteiger partial charge in [0, 0.05) is 100 Å². The molecule has 0 saturated carbocycles. The van der Waals surface area contributed by atoms with Crippen LogP contribution in [0.3, 0.4) is 0 Å². The molecule has 468 valence electrons. The van der Waals surface area contributed by atoms with Crippen LogP contribution in [0.5, 0.6) is 0 Å². The Morgan fingerprint density at radius 1 is 0.775 bits per heavy atom. The number of piperazine rings is 1. The maximum atomic E-state index is 15.0. The molecule has 3 saturated heterocycles. The molecule has 6 aromatic rings. The van der Waals surface area contributed by atoms with Crippen molar-refractivity contribution in [2.24, 2.45) is 0 Å². The first-order valence-electron chi connectivity index (χ1n) is 31.4. The van der Waals surface area contributed by atoms with Crippen molar-refractivity contribution >= 4 is 53.0 Å². The largest absolute Gasteiger partial charge is 0.448 e. The minimum atomic E-state index is -0.787. The zero-order valence-corrected chi connectivity index (χ0v) is 52.3. The fourth-order valence-electron chi connectivity index (χ4n) is 13.2. The van der Waals surface area contributed by atoms with Crippen molar-refractivity contribution < 1.29 is 43.3 Å². The van der Waals surface area contributed by atoms with E-state index in [2.05, 4.69) is 85.6 Å². The number of aromatic nitrogens is 3. The van der Waals surface area contributed by atoms with Gasteiger partial charge in [0.2, 0.25) is 11.8 Å². The molecule has 2 aromatic heterocycles. The second-order valence-electron chi connectivity index (χ2n) is 25.1. The summed E-state index contributed by atoms with van der Waals surface area (Å²) in [5.74, 6) is -0.697. The Bertz CT molecular complexity index is 3480. The summed E-state index contributed by atoms with van der Waals surface area (Å²) in [6, 6.07) is 33.4. The molecule has 4 aromatic carbocycles. The number of aliphatic hydroxyl groups is 1. The van der Waals surface area contributed by atoms with Gasteiger partial charge >= 0.3 is 12.2 Å². The van der Waals surface area contributed by atoms with Crippen LogP contribution >= 0.6 is 11.6 Å². The van der Waals surface area contributed by atoms with Crippen molar-refractivity contribution in [2.75, 3.05) is 95.4 Å². The predicted molar refractivity (Wildman–Crippen MR) is 341 cm³/mol. The average molecular weight is 1230 g/mol. The van der Waals surface area contributed by atoms with Gasteiger partial charge in [-0.3, -0.25) is 24.6 Å². The van der Waals surface area contributed by atoms with Crippen LogP contribution in [0, 0.1) is 0 Å². The lowest BCUT2D eigenvalue weighted by Crippen LogP contribution is -2.52. The van der Waals surface area contributed by atoms with Crippen molar-refractivity contribution in [1.82, 2.24) is 39.9 Å². The van der Waals surface area contributed by atoms with Gasteiger partial charge < -0.3 is 44.2 Å². The number of likely N-dealkylation sites (tertiary alicyclic amines) is 2. The third-order valence-corrected chi connectivity index (χ3v) is 18.1. The zero-order chi connectivity index (χ0) is 62.3. The van der Waals surface area contributed by atoms with Crippen LogP contribution in [0.15, 0.2) is 116 Å². The van der Waals surface area contributed by atoms with Gasteiger partial charge in [-0.2, -0.15) is 0 Å². The molecule has 89 heavy (non-hydrogen) atoms. The molecule has 3 atom stereocenters. The van der Waals surface area contributed by atoms with Crippen LogP contribution < -0.4 is 15.5 Å². The van der Waals surface area contributed by atoms with Gasteiger partial charge in [0.05, 0.1) is 42.2 Å². The Labute approximate surface area is 526 Å². The first-order valence-corrected chi connectivity index (χ1v) is 31.8. The molecule has 3 fully saturated rings. The van der Waals surface area contributed by atoms with E-state index in [0.717, 1.165) is 69.6 Å². The molecule has 3 aliphatic heterocycles. The van der Waals surface area contributed by atoms with Crippen LogP contribution in [0.2, 0.25) is 5.02 Å². The predicted octanol–water partition coefficient (Wildman–Crippen LogP) is 10.2. The second-order valence-corrected chi connectivity index (χ2v) is 25.5. The third-order valence-electron chi connectivity index (χ3n) is 17.9. The number of amides is 5. The number of hydrogen-bond donors (Lipinski definition) is 3. The first kappa shape index (κ1) is 62.6. The highest BCUT2D eigenvalue weighted by molar-refractivity contribution is 6.30. The van der Waals surface area contributed by atoms with Gasteiger partial charge in [0.25, 0.3) is 5.91 Å². The van der Waals surface area contributed by atoms with E-state index >= 15 is 0 Å². The van der Waals surface area contributed by atoms with Gasteiger partial charge in [-0.15, -0.1) is 0 Å². The van der Waals surface area contributed by atoms with E-state index in [-0.39, 0.29) is 85.9 Å². The van der Waals surface area contributed by atoms with Gasteiger partial charge in [0.15, 0.2) is 5.69 Å². The molecule has 0 spiro atoms. The number of hydrogen-bond acceptors (Lipinski definition) is 14. The normalized spacial score (nSPS) is 18.4. The third kappa shape index (κ3) is 14.9. The molecule has 3 N–H and O–H groups in total. The van der Waals surface area contributed by atoms with E-state index in [0.29, 0.717) is 87.9 Å². The van der Waals surface area contributed by atoms with Gasteiger partial charge in [-0.25, -0.2) is 24.5 Å². The van der Waals surface area contributed by atoms with E-state index in [1.807, 2.05) is 53.4 Å². The number of aliphatic hydroxyl groups excluding tert-OH is 1. The molecule has 5 heterocycles. The Balaban J connectivity index is 0.697. The number of anilines is 2. The molecule has 5 amide bonds. The van der Waals surface area contributed by atoms with E-state index in [4.69, 9.17) is 25.8 Å². The number of fused-ring (bicyclic) bond motifs is 4. The summed E-state index contributed by atoms with van der Waals surface area (Å²) >= 11 is 6.41. The summed E-state index contributed by atoms with van der Waals surface area (Å²) in [5, 5.41) is 17.1. The smallest absolute Gasteiger partial charge is 0.412 e. The minimum Gasteiger partial charge on any atom is -0.448 e. The van der Waals surface area contributed by atoms with E-state index in [9.17, 15) is 29.1 Å². The maximum absolute atomic E-state index is 15.0. The summed E-state index contributed by atoms with van der Waals surface area (Å²) in [6.07, 6.45) is 5.44. The molecule has 0 bridgehead atoms. The fraction of sp³-hybridized carbons (Fsp3) is 0.449. The van der Waals surface area contributed by atoms with Crippen molar-refractivity contribution in [2.45, 2.75) is 115 Å². The van der Waals surface area contributed by atoms with Crippen molar-refractivity contribution in [3.63, 3.8) is 0 Å². The van der Waals surface area contributed by atoms with Gasteiger partial charge in [-0.1, -0.05) is 110 Å². The Kier molecular flexibility index (Phi) is 19.6. The standard InChI is InChI=1S/C69H81ClN10O9/c1-6-45-12-11-13-47(37-45)48-38-58(75-67(85)89-69(3,4)5)62(72-39-48)66(84)78-29-24-51(25-30-78)88-50-22-27-76(28-23-50)41-60(82)71-26-31-80(68(86)87-42-57-54-16-9-7-14-52(54)53-15-8-10-17-55(53)57)40-56(46-18-20-49(70)21-19-46)65(83)79-34-32-77(33-35-79)64-61-44(2)36-59(81)63(61)73-43-74-64/h7-21,37-39,43-44,50-51,56-57,59,81H,6,22-36,40-42H2,1-5H3,(H,71,82)(H,75,85)/t44-,56-,59-/m1/s1. The maximum Gasteiger partial charge on any atom is 0.412 e. The molecule has 11 rings (SSSR count). The van der Waals surface area contributed by atoms with Crippen molar-refractivity contribution in [3.8, 4) is 22.3 Å². The highest BCUT2D eigenvalue weighted by atomic mass is 35.5. The Hall–Kier alpha value is -7.97. The number of rotatable bonds is 18. The summed E-state index contributed by atoms with van der Waals surface area (Å²) in [6.45, 7) is 14.1. The lowest BCUT2D eigenvalue weighted by molar-refractivity contribution is -0.133. The highest BCUT2D eigenvalue weighted by Gasteiger charge is 2.38. The number of aryl methyl sites for hydroxylation is 1. The molecular formula is C69H81ClN10O9. The quantitative estimate of drug-likeness (QED) is 0.0731. The second kappa shape index (κ2) is 27.8. The molecular weight excluding hydrogens is 1150 g/mol. The zero-order valence-electron chi connectivity index (χ0n) is 51.5. The number of halogens is 1. The van der Waals surface area contributed by atoms with Crippen LogP contribution in [0.25, 0.3) is 22.3 Å². The summed E-state index contributed by atoms with van der Waals surface area (Å²) < 4.78 is 18.5. The molecule has 5 aliphatic rings. The summed E-state index contributed by atoms with van der Waals surface area (Å²) in [4.78, 5) is 93.7. The molecule has 0 unspecified atom stereocenters. The molecule has 19 nitrogen and oxygen atoms in total. The number of nitrogens with one attached hydrogen (secondary N) is 2. The minimum absolute atomic E-state index is 0.00425. The number of piperidine rings is 2. The SMILES string of the molecule is CCc1cccc(-c2cnc(C(=O)N3CCC(OC4CCN(CC(=O)NCCN(C[C@@H](C(=O)N5CCN(c6ncnc7c6[C@H](C)C[C@H]7O)CC5)c5ccc(Cl)cc5)C(=O)OCC5c6ccccc6-c6ccccc65)CC4)CC3)c(NC(=O)OC(C)(C)C)c2)c1. The van der Waals surface area contributed by atoms with E-state index < -0.39 is 29.8 Å². The van der Waals surface area contributed by atoms with Crippen LogP contribution in [-0.4, -0.2) is 173 Å². The van der Waals surface area contributed by atoms with E-state index in [1.165, 1.54) is 6.33 Å². The molecule has 2 aliphatic carbocycles. The number of pyridine rings is 1. The topological polar surface area (TPSA) is 212 Å². The summed E-state index contributed by atoms with van der Waals surface area (Å²) in [7, 11) is 0. The van der Waals surface area contributed by atoms with Crippen LogP contribution in [0.1, 0.15) is 135 Å². The monoisotopic (exact) mass is 1230 g/mol. The van der Waals surface area contributed by atoms with Crippen molar-refractivity contribution in [3.05, 3.63) is 160 Å². The number of benzene rings is 4. The average Bonchev–Trinajstić information content (AvgIpc) is 3.23. The summed E-state index contributed by atoms with van der Waals surface area (Å²) in [5.41, 5.74) is 9.23. The molecule has 0 radical (unpaired) electrons. The highest BCUT2D eigenvalue weighted by Crippen LogP contribution is 2.45. The fourth-order valence-corrected chi connectivity index (χ4v) is 13.3. The molecule has 20 heteroatoms. The Morgan fingerprint density at radius 3 is 2.12 bits per heavy atom. The lowest BCUT2D eigenvalue weighted by Gasteiger charge is -2.38. The number of ether oxygens (including phenoxy) is 3. The first-order chi connectivity index (χ1) is 43.0. The van der Waals surface area contributed by atoms with E-state index in [1.54, 1.807) is 55.0 Å². The number of carbonyl (C=O) groups is 5. The Morgan fingerprint density at radius 2 is 1.45 bits per heavy atom. The van der Waals surface area contributed by atoms with Gasteiger partial charge in [0.1, 0.15) is 24.4 Å². The van der Waals surface area contributed by atoms with Crippen LogP contribution in [-0.2, 0) is 30.2 Å². The van der Waals surface area contributed by atoms with Crippen molar-refractivity contribution in [1.29, 1.82) is 0 Å². The number of carbonyl (C=O) groups excluding carboxylic acids is 5. The number of nitrogens with zero attached hydrogens (tertiary/aromatic N) is 8.